The van der Waals surface area contributed by atoms with Crippen molar-refractivity contribution in [3.05, 3.63) is 54.1 Å². The molecule has 0 bridgehead atoms. The van der Waals surface area contributed by atoms with Crippen LogP contribution in [0.15, 0.2) is 48.5 Å². The molecule has 2 aromatic carbocycles. The summed E-state index contributed by atoms with van der Waals surface area (Å²) < 4.78 is 5.60. The Labute approximate surface area is 106 Å². The summed E-state index contributed by atoms with van der Waals surface area (Å²) in [7, 11) is 0. The van der Waals surface area contributed by atoms with Crippen molar-refractivity contribution < 1.29 is 14.6 Å². The average Bonchev–Trinajstić information content (AvgIpc) is 2.41. The van der Waals surface area contributed by atoms with E-state index in [4.69, 9.17) is 9.84 Å². The molecule has 0 amide bonds. The van der Waals surface area contributed by atoms with Gasteiger partial charge in [0, 0.05) is 5.92 Å². The van der Waals surface area contributed by atoms with Crippen molar-refractivity contribution in [2.75, 3.05) is 0 Å². The molecule has 0 spiro atoms. The summed E-state index contributed by atoms with van der Waals surface area (Å²) in [6, 6.07) is 13.9. The third kappa shape index (κ3) is 2.88. The highest BCUT2D eigenvalue weighted by atomic mass is 16.5. The Hall–Kier alpha value is -2.29. The summed E-state index contributed by atoms with van der Waals surface area (Å²) in [5.74, 6) is 1.46. The van der Waals surface area contributed by atoms with Crippen molar-refractivity contribution in [2.24, 2.45) is 0 Å². The van der Waals surface area contributed by atoms with Gasteiger partial charge in [-0.15, -0.1) is 0 Å². The topological polar surface area (TPSA) is 46.5 Å². The fourth-order valence-corrected chi connectivity index (χ4v) is 1.57. The Morgan fingerprint density at radius 2 is 1.50 bits per heavy atom. The van der Waals surface area contributed by atoms with Crippen LogP contribution < -0.4 is 4.74 Å². The van der Waals surface area contributed by atoms with Crippen molar-refractivity contribution in [3.8, 4) is 17.2 Å². The predicted molar refractivity (Wildman–Crippen MR) is 69.1 cm³/mol. The zero-order chi connectivity index (χ0) is 13.0. The van der Waals surface area contributed by atoms with E-state index in [9.17, 15) is 4.79 Å². The number of hydrogen-bond donors (Lipinski definition) is 1. The van der Waals surface area contributed by atoms with Crippen LogP contribution in [0.25, 0.3) is 0 Å². The van der Waals surface area contributed by atoms with Gasteiger partial charge >= 0.3 is 0 Å². The molecule has 0 aromatic heterocycles. The molecule has 1 atom stereocenters. The molecule has 92 valence electrons. The number of aldehydes is 1. The molecular formula is C15H14O3. The van der Waals surface area contributed by atoms with E-state index in [1.807, 2.05) is 31.2 Å². The summed E-state index contributed by atoms with van der Waals surface area (Å²) >= 11 is 0. The van der Waals surface area contributed by atoms with Crippen molar-refractivity contribution in [3.63, 3.8) is 0 Å². The highest BCUT2D eigenvalue weighted by Crippen LogP contribution is 2.24. The molecule has 1 N–H and O–H groups in total. The van der Waals surface area contributed by atoms with E-state index in [2.05, 4.69) is 0 Å². The number of hydrogen-bond acceptors (Lipinski definition) is 3. The average molecular weight is 242 g/mol. The Morgan fingerprint density at radius 1 is 1.00 bits per heavy atom. The van der Waals surface area contributed by atoms with Gasteiger partial charge in [-0.1, -0.05) is 19.1 Å². The molecule has 0 heterocycles. The first-order valence-electron chi connectivity index (χ1n) is 5.71. The zero-order valence-electron chi connectivity index (χ0n) is 10.0. The first-order valence-corrected chi connectivity index (χ1v) is 5.71. The van der Waals surface area contributed by atoms with Gasteiger partial charge in [0.2, 0.25) is 0 Å². The molecule has 0 aliphatic heterocycles. The lowest BCUT2D eigenvalue weighted by Crippen LogP contribution is -1.93. The van der Waals surface area contributed by atoms with Gasteiger partial charge in [-0.2, -0.15) is 0 Å². The van der Waals surface area contributed by atoms with Gasteiger partial charge in [-0.05, 0) is 42.0 Å². The first-order chi connectivity index (χ1) is 8.69. The fraction of sp³-hybridized carbons (Fsp3) is 0.133. The standard InChI is InChI=1S/C15H14O3/c1-11(10-16)12-2-6-14(7-3-12)18-15-8-4-13(17)5-9-15/h2-11,17H,1H3. The Balaban J connectivity index is 2.10. The third-order valence-electron chi connectivity index (χ3n) is 2.68. The minimum absolute atomic E-state index is 0.104. The smallest absolute Gasteiger partial charge is 0.127 e. The normalized spacial score (nSPS) is 11.8. The highest BCUT2D eigenvalue weighted by molar-refractivity contribution is 5.61. The lowest BCUT2D eigenvalue weighted by Gasteiger charge is -2.08. The number of carbonyl (C=O) groups is 1. The largest absolute Gasteiger partial charge is 0.508 e. The van der Waals surface area contributed by atoms with E-state index in [1.165, 1.54) is 0 Å². The maximum absolute atomic E-state index is 10.7. The van der Waals surface area contributed by atoms with Gasteiger partial charge in [0.1, 0.15) is 23.5 Å². The minimum Gasteiger partial charge on any atom is -0.508 e. The summed E-state index contributed by atoms with van der Waals surface area (Å²) in [4.78, 5) is 10.7. The molecule has 2 aromatic rings. The van der Waals surface area contributed by atoms with Crippen LogP contribution in [-0.2, 0) is 4.79 Å². The molecule has 0 aliphatic rings. The van der Waals surface area contributed by atoms with E-state index < -0.39 is 0 Å². The summed E-state index contributed by atoms with van der Waals surface area (Å²) in [5, 5.41) is 9.16. The van der Waals surface area contributed by atoms with Crippen LogP contribution in [0, 0.1) is 0 Å². The molecule has 3 nitrogen and oxygen atoms in total. The number of carbonyl (C=O) groups excluding carboxylic acids is 1. The minimum atomic E-state index is -0.104. The Kier molecular flexibility index (Phi) is 3.63. The van der Waals surface area contributed by atoms with Crippen molar-refractivity contribution in [1.82, 2.24) is 0 Å². The van der Waals surface area contributed by atoms with E-state index in [0.29, 0.717) is 11.5 Å². The second-order valence-electron chi connectivity index (χ2n) is 4.09. The quantitative estimate of drug-likeness (QED) is 0.835. The zero-order valence-corrected chi connectivity index (χ0v) is 10.0. The number of aromatic hydroxyl groups is 1. The molecule has 3 heteroatoms. The molecule has 0 radical (unpaired) electrons. The second-order valence-corrected chi connectivity index (χ2v) is 4.09. The van der Waals surface area contributed by atoms with Gasteiger partial charge in [-0.3, -0.25) is 0 Å². The highest BCUT2D eigenvalue weighted by Gasteiger charge is 2.04. The van der Waals surface area contributed by atoms with Gasteiger partial charge in [0.15, 0.2) is 0 Å². The van der Waals surface area contributed by atoms with E-state index >= 15 is 0 Å². The second kappa shape index (κ2) is 5.36. The Bertz CT molecular complexity index is 514. The third-order valence-corrected chi connectivity index (χ3v) is 2.68. The van der Waals surface area contributed by atoms with Crippen molar-refractivity contribution >= 4 is 6.29 Å². The van der Waals surface area contributed by atoms with Crippen LogP contribution in [0.1, 0.15) is 18.4 Å². The lowest BCUT2D eigenvalue weighted by atomic mass is 10.0. The first kappa shape index (κ1) is 12.2. The number of ether oxygens (including phenoxy) is 1. The SMILES string of the molecule is CC(C=O)c1ccc(Oc2ccc(O)cc2)cc1. The maximum Gasteiger partial charge on any atom is 0.127 e. The van der Waals surface area contributed by atoms with Crippen LogP contribution in [0.3, 0.4) is 0 Å². The Morgan fingerprint density at radius 3 is 2.00 bits per heavy atom. The number of phenolic OH excluding ortho intramolecular Hbond substituents is 1. The molecule has 2 rings (SSSR count). The maximum atomic E-state index is 10.7. The van der Waals surface area contributed by atoms with E-state index in [1.54, 1.807) is 24.3 Å². The molecule has 0 saturated heterocycles. The van der Waals surface area contributed by atoms with E-state index in [0.717, 1.165) is 11.8 Å². The summed E-state index contributed by atoms with van der Waals surface area (Å²) in [6.45, 7) is 1.85. The van der Waals surface area contributed by atoms with Crippen LogP contribution in [-0.4, -0.2) is 11.4 Å². The van der Waals surface area contributed by atoms with E-state index in [-0.39, 0.29) is 11.7 Å². The van der Waals surface area contributed by atoms with Gasteiger partial charge in [-0.25, -0.2) is 0 Å². The number of rotatable bonds is 4. The number of phenols is 1. The van der Waals surface area contributed by atoms with Crippen LogP contribution in [0.5, 0.6) is 17.2 Å². The molecule has 18 heavy (non-hydrogen) atoms. The molecular weight excluding hydrogens is 228 g/mol. The lowest BCUT2D eigenvalue weighted by molar-refractivity contribution is -0.108. The van der Waals surface area contributed by atoms with Crippen molar-refractivity contribution in [1.29, 1.82) is 0 Å². The van der Waals surface area contributed by atoms with Crippen LogP contribution in [0.2, 0.25) is 0 Å². The molecule has 0 fully saturated rings. The monoisotopic (exact) mass is 242 g/mol. The van der Waals surface area contributed by atoms with Crippen molar-refractivity contribution in [2.45, 2.75) is 12.8 Å². The van der Waals surface area contributed by atoms with Gasteiger partial charge < -0.3 is 14.6 Å². The van der Waals surface area contributed by atoms with Crippen LogP contribution >= 0.6 is 0 Å². The molecule has 1 unspecified atom stereocenters. The molecule has 0 aliphatic carbocycles. The summed E-state index contributed by atoms with van der Waals surface area (Å²) in [6.07, 6.45) is 0.913. The van der Waals surface area contributed by atoms with Gasteiger partial charge in [0.05, 0.1) is 0 Å². The fourth-order valence-electron chi connectivity index (χ4n) is 1.57. The molecule has 0 saturated carbocycles. The predicted octanol–water partition coefficient (Wildman–Crippen LogP) is 3.49. The van der Waals surface area contributed by atoms with Crippen LogP contribution in [0.4, 0.5) is 0 Å². The number of benzene rings is 2. The van der Waals surface area contributed by atoms with Gasteiger partial charge in [0.25, 0.3) is 0 Å². The summed E-state index contributed by atoms with van der Waals surface area (Å²) in [5.41, 5.74) is 0.961.